The zero-order valence-corrected chi connectivity index (χ0v) is 11.7. The molecular formula is C12H14BrClN2O. The SMILES string of the molecule is NCC1CCN(C(=O)c2ccc(Cl)cc2Br)C1. The summed E-state index contributed by atoms with van der Waals surface area (Å²) in [7, 11) is 0. The van der Waals surface area contributed by atoms with E-state index in [2.05, 4.69) is 15.9 Å². The van der Waals surface area contributed by atoms with Crippen molar-refractivity contribution in [3.8, 4) is 0 Å². The van der Waals surface area contributed by atoms with Gasteiger partial charge in [0, 0.05) is 22.6 Å². The van der Waals surface area contributed by atoms with Crippen LogP contribution in [0.4, 0.5) is 0 Å². The minimum Gasteiger partial charge on any atom is -0.338 e. The van der Waals surface area contributed by atoms with Gasteiger partial charge in [0.15, 0.2) is 0 Å². The molecular weight excluding hydrogens is 304 g/mol. The molecule has 0 radical (unpaired) electrons. The molecule has 1 aliphatic heterocycles. The van der Waals surface area contributed by atoms with Crippen LogP contribution in [0.5, 0.6) is 0 Å². The summed E-state index contributed by atoms with van der Waals surface area (Å²) in [5.74, 6) is 0.481. The Hall–Kier alpha value is -0.580. The van der Waals surface area contributed by atoms with E-state index >= 15 is 0 Å². The lowest BCUT2D eigenvalue weighted by molar-refractivity contribution is 0.0787. The van der Waals surface area contributed by atoms with Gasteiger partial charge in [-0.05, 0) is 53.0 Å². The van der Waals surface area contributed by atoms with Crippen LogP contribution in [0.15, 0.2) is 22.7 Å². The first-order valence-electron chi connectivity index (χ1n) is 5.56. The third-order valence-corrected chi connectivity index (χ3v) is 3.96. The third-order valence-electron chi connectivity index (χ3n) is 3.07. The fourth-order valence-electron chi connectivity index (χ4n) is 2.04. The number of nitrogens with two attached hydrogens (primary N) is 1. The number of halogens is 2. The van der Waals surface area contributed by atoms with Gasteiger partial charge in [0.2, 0.25) is 0 Å². The van der Waals surface area contributed by atoms with Crippen molar-refractivity contribution >= 4 is 33.4 Å². The smallest absolute Gasteiger partial charge is 0.255 e. The Labute approximate surface area is 114 Å². The van der Waals surface area contributed by atoms with Crippen molar-refractivity contribution < 1.29 is 4.79 Å². The average Bonchev–Trinajstić information content (AvgIpc) is 2.76. The molecule has 1 atom stereocenters. The van der Waals surface area contributed by atoms with Crippen LogP contribution < -0.4 is 5.73 Å². The van der Waals surface area contributed by atoms with Gasteiger partial charge in [-0.15, -0.1) is 0 Å². The van der Waals surface area contributed by atoms with Crippen LogP contribution >= 0.6 is 27.5 Å². The molecule has 92 valence electrons. The van der Waals surface area contributed by atoms with E-state index in [9.17, 15) is 4.79 Å². The second-order valence-electron chi connectivity index (χ2n) is 4.27. The van der Waals surface area contributed by atoms with Crippen LogP contribution in [0.1, 0.15) is 16.8 Å². The maximum atomic E-state index is 12.3. The monoisotopic (exact) mass is 316 g/mol. The normalized spacial score (nSPS) is 19.7. The Morgan fingerprint density at radius 3 is 2.94 bits per heavy atom. The molecule has 0 spiro atoms. The molecule has 0 aromatic heterocycles. The van der Waals surface area contributed by atoms with Gasteiger partial charge in [0.1, 0.15) is 0 Å². The van der Waals surface area contributed by atoms with Crippen LogP contribution in [-0.4, -0.2) is 30.4 Å². The second kappa shape index (κ2) is 5.38. The summed E-state index contributed by atoms with van der Waals surface area (Å²) in [6.07, 6.45) is 0.994. The first kappa shape index (κ1) is 12.9. The first-order chi connectivity index (χ1) is 8.11. The summed E-state index contributed by atoms with van der Waals surface area (Å²) in [5.41, 5.74) is 6.28. The highest BCUT2D eigenvalue weighted by Gasteiger charge is 2.26. The van der Waals surface area contributed by atoms with E-state index in [-0.39, 0.29) is 5.91 Å². The summed E-state index contributed by atoms with van der Waals surface area (Å²) in [5, 5.41) is 0.620. The highest BCUT2D eigenvalue weighted by atomic mass is 79.9. The molecule has 3 nitrogen and oxygen atoms in total. The molecule has 1 heterocycles. The van der Waals surface area contributed by atoms with Crippen LogP contribution in [-0.2, 0) is 0 Å². The zero-order valence-electron chi connectivity index (χ0n) is 9.33. The van der Waals surface area contributed by atoms with Crippen LogP contribution in [0.25, 0.3) is 0 Å². The molecule has 0 bridgehead atoms. The lowest BCUT2D eigenvalue weighted by Gasteiger charge is -2.17. The second-order valence-corrected chi connectivity index (χ2v) is 5.56. The predicted octanol–water partition coefficient (Wildman–Crippen LogP) is 2.52. The number of benzene rings is 1. The number of carbonyl (C=O) groups excluding carboxylic acids is 1. The van der Waals surface area contributed by atoms with Crippen molar-refractivity contribution in [2.24, 2.45) is 11.7 Å². The molecule has 1 aromatic rings. The highest BCUT2D eigenvalue weighted by molar-refractivity contribution is 9.10. The Morgan fingerprint density at radius 2 is 2.35 bits per heavy atom. The molecule has 1 unspecified atom stereocenters. The van der Waals surface area contributed by atoms with Gasteiger partial charge >= 0.3 is 0 Å². The Morgan fingerprint density at radius 1 is 1.59 bits per heavy atom. The van der Waals surface area contributed by atoms with Gasteiger partial charge < -0.3 is 10.6 Å². The molecule has 0 aliphatic carbocycles. The van der Waals surface area contributed by atoms with Gasteiger partial charge in [-0.3, -0.25) is 4.79 Å². The number of rotatable bonds is 2. The van der Waals surface area contributed by atoms with Gasteiger partial charge in [-0.1, -0.05) is 11.6 Å². The van der Waals surface area contributed by atoms with Gasteiger partial charge in [-0.25, -0.2) is 0 Å². The van der Waals surface area contributed by atoms with E-state index in [0.717, 1.165) is 24.0 Å². The van der Waals surface area contributed by atoms with Crippen molar-refractivity contribution in [3.63, 3.8) is 0 Å². The summed E-state index contributed by atoms with van der Waals surface area (Å²) in [6, 6.07) is 5.23. The Kier molecular flexibility index (Phi) is 4.07. The molecule has 0 saturated carbocycles. The lowest BCUT2D eigenvalue weighted by Crippen LogP contribution is -2.30. The maximum absolute atomic E-state index is 12.3. The number of amides is 1. The maximum Gasteiger partial charge on any atom is 0.255 e. The van der Waals surface area contributed by atoms with Crippen molar-refractivity contribution in [2.45, 2.75) is 6.42 Å². The fraction of sp³-hybridized carbons (Fsp3) is 0.417. The van der Waals surface area contributed by atoms with Crippen molar-refractivity contribution in [3.05, 3.63) is 33.3 Å². The Bertz CT molecular complexity index is 439. The van der Waals surface area contributed by atoms with Gasteiger partial charge in [-0.2, -0.15) is 0 Å². The summed E-state index contributed by atoms with van der Waals surface area (Å²) < 4.78 is 0.742. The minimum atomic E-state index is 0.0458. The lowest BCUT2D eigenvalue weighted by atomic mass is 10.1. The number of carbonyl (C=O) groups is 1. The van der Waals surface area contributed by atoms with E-state index in [1.165, 1.54) is 0 Å². The van der Waals surface area contributed by atoms with Gasteiger partial charge in [0.25, 0.3) is 5.91 Å². The summed E-state index contributed by atoms with van der Waals surface area (Å²) in [6.45, 7) is 2.19. The molecule has 17 heavy (non-hydrogen) atoms. The Balaban J connectivity index is 2.15. The summed E-state index contributed by atoms with van der Waals surface area (Å²) >= 11 is 9.23. The summed E-state index contributed by atoms with van der Waals surface area (Å²) in [4.78, 5) is 14.1. The number of hydrogen-bond acceptors (Lipinski definition) is 2. The van der Waals surface area contributed by atoms with E-state index < -0.39 is 0 Å². The molecule has 2 N–H and O–H groups in total. The minimum absolute atomic E-state index is 0.0458. The topological polar surface area (TPSA) is 46.3 Å². The van der Waals surface area contributed by atoms with Gasteiger partial charge in [0.05, 0.1) is 5.56 Å². The molecule has 5 heteroatoms. The number of hydrogen-bond donors (Lipinski definition) is 1. The molecule has 1 fully saturated rings. The first-order valence-corrected chi connectivity index (χ1v) is 6.73. The largest absolute Gasteiger partial charge is 0.338 e. The van der Waals surface area contributed by atoms with Crippen molar-refractivity contribution in [1.82, 2.24) is 4.90 Å². The van der Waals surface area contributed by atoms with E-state index in [1.807, 2.05) is 4.90 Å². The average molecular weight is 318 g/mol. The zero-order chi connectivity index (χ0) is 12.4. The predicted molar refractivity (Wildman–Crippen MR) is 72.2 cm³/mol. The fourth-order valence-corrected chi connectivity index (χ4v) is 2.90. The van der Waals surface area contributed by atoms with E-state index in [1.54, 1.807) is 18.2 Å². The standard InChI is InChI=1S/C12H14BrClN2O/c13-11-5-9(14)1-2-10(11)12(17)16-4-3-8(6-15)7-16/h1-2,5,8H,3-4,6-7,15H2. The third kappa shape index (κ3) is 2.81. The van der Waals surface area contributed by atoms with Crippen molar-refractivity contribution in [1.29, 1.82) is 0 Å². The van der Waals surface area contributed by atoms with Crippen LogP contribution in [0, 0.1) is 5.92 Å². The van der Waals surface area contributed by atoms with E-state index in [0.29, 0.717) is 23.0 Å². The van der Waals surface area contributed by atoms with Crippen LogP contribution in [0.3, 0.4) is 0 Å². The molecule has 1 aliphatic rings. The molecule has 1 aromatic carbocycles. The number of likely N-dealkylation sites (tertiary alicyclic amines) is 1. The highest BCUT2D eigenvalue weighted by Crippen LogP contribution is 2.25. The molecule has 1 amide bonds. The van der Waals surface area contributed by atoms with Crippen LogP contribution in [0.2, 0.25) is 5.02 Å². The quantitative estimate of drug-likeness (QED) is 0.911. The number of nitrogens with zero attached hydrogens (tertiary/aromatic N) is 1. The van der Waals surface area contributed by atoms with Crippen molar-refractivity contribution in [2.75, 3.05) is 19.6 Å². The van der Waals surface area contributed by atoms with E-state index in [4.69, 9.17) is 17.3 Å². The molecule has 2 rings (SSSR count). The molecule has 1 saturated heterocycles.